The second-order valence-corrected chi connectivity index (χ2v) is 7.93. The number of anilines is 1. The van der Waals surface area contributed by atoms with Gasteiger partial charge in [-0.3, -0.25) is 9.59 Å². The molecule has 0 atom stereocenters. The van der Waals surface area contributed by atoms with Crippen LogP contribution in [0.3, 0.4) is 0 Å². The zero-order valence-electron chi connectivity index (χ0n) is 14.7. The van der Waals surface area contributed by atoms with Crippen molar-refractivity contribution in [3.05, 3.63) is 60.2 Å². The molecule has 0 aliphatic carbocycles. The quantitative estimate of drug-likeness (QED) is 0.704. The lowest BCUT2D eigenvalue weighted by molar-refractivity contribution is -0.117. The topological polar surface area (TPSA) is 95.6 Å². The highest BCUT2D eigenvalue weighted by Crippen LogP contribution is 2.22. The molecule has 0 spiro atoms. The maximum absolute atomic E-state index is 12.3. The van der Waals surface area contributed by atoms with Crippen molar-refractivity contribution in [1.29, 1.82) is 0 Å². The summed E-state index contributed by atoms with van der Waals surface area (Å²) in [5.74, 6) is -0.202. The van der Waals surface area contributed by atoms with Gasteiger partial charge in [-0.2, -0.15) is 0 Å². The minimum atomic E-state index is -3.68. The number of carbonyl (C=O) groups is 2. The molecule has 142 valence electrons. The van der Waals surface area contributed by atoms with Gasteiger partial charge in [-0.25, -0.2) is 13.1 Å². The van der Waals surface area contributed by atoms with Crippen LogP contribution in [0.25, 0.3) is 0 Å². The van der Waals surface area contributed by atoms with Crippen LogP contribution >= 0.6 is 0 Å². The van der Waals surface area contributed by atoms with Crippen molar-refractivity contribution in [3.8, 4) is 0 Å². The van der Waals surface area contributed by atoms with E-state index in [-0.39, 0.29) is 29.8 Å². The number of amides is 2. The molecule has 0 bridgehead atoms. The Bertz CT molecular complexity index is 912. The van der Waals surface area contributed by atoms with Crippen LogP contribution in [0.4, 0.5) is 5.69 Å². The summed E-state index contributed by atoms with van der Waals surface area (Å²) in [6.45, 7) is 0.908. The Hall–Kier alpha value is -2.71. The molecule has 1 fully saturated rings. The van der Waals surface area contributed by atoms with E-state index >= 15 is 0 Å². The van der Waals surface area contributed by atoms with Gasteiger partial charge in [0.1, 0.15) is 0 Å². The van der Waals surface area contributed by atoms with Crippen molar-refractivity contribution in [2.24, 2.45) is 0 Å². The predicted octanol–water partition coefficient (Wildman–Crippen LogP) is 1.52. The number of carbonyl (C=O) groups excluding carboxylic acids is 2. The van der Waals surface area contributed by atoms with E-state index in [4.69, 9.17) is 0 Å². The van der Waals surface area contributed by atoms with E-state index in [0.29, 0.717) is 24.2 Å². The van der Waals surface area contributed by atoms with Gasteiger partial charge in [-0.05, 0) is 42.8 Å². The summed E-state index contributed by atoms with van der Waals surface area (Å²) in [5, 5.41) is 2.66. The predicted molar refractivity (Wildman–Crippen MR) is 102 cm³/mol. The molecule has 27 heavy (non-hydrogen) atoms. The molecule has 0 saturated carbocycles. The first kappa shape index (κ1) is 19.1. The molecule has 2 aromatic carbocycles. The van der Waals surface area contributed by atoms with Crippen molar-refractivity contribution in [2.75, 3.05) is 24.5 Å². The van der Waals surface area contributed by atoms with Crippen LogP contribution in [0, 0.1) is 0 Å². The Morgan fingerprint density at radius 1 is 1.00 bits per heavy atom. The number of hydrogen-bond donors (Lipinski definition) is 2. The highest BCUT2D eigenvalue weighted by molar-refractivity contribution is 7.89. The lowest BCUT2D eigenvalue weighted by Gasteiger charge is -2.16. The third-order valence-corrected chi connectivity index (χ3v) is 5.75. The maximum atomic E-state index is 12.3. The number of nitrogens with one attached hydrogen (secondary N) is 2. The van der Waals surface area contributed by atoms with Crippen molar-refractivity contribution in [1.82, 2.24) is 10.0 Å². The first-order valence-electron chi connectivity index (χ1n) is 8.71. The average molecular weight is 387 g/mol. The summed E-state index contributed by atoms with van der Waals surface area (Å²) in [5.41, 5.74) is 1.22. The van der Waals surface area contributed by atoms with E-state index in [1.807, 2.05) is 6.07 Å². The summed E-state index contributed by atoms with van der Waals surface area (Å²) in [7, 11) is -3.68. The third kappa shape index (κ3) is 4.72. The largest absolute Gasteiger partial charge is 0.351 e. The molecule has 1 heterocycles. The van der Waals surface area contributed by atoms with Crippen LogP contribution in [0.2, 0.25) is 0 Å². The monoisotopic (exact) mass is 387 g/mol. The van der Waals surface area contributed by atoms with Crippen molar-refractivity contribution in [3.63, 3.8) is 0 Å². The normalized spacial score (nSPS) is 14.4. The Kier molecular flexibility index (Phi) is 5.88. The second-order valence-electron chi connectivity index (χ2n) is 6.16. The fraction of sp³-hybridized carbons (Fsp3) is 0.263. The highest BCUT2D eigenvalue weighted by Gasteiger charge is 2.22. The Labute approximate surface area is 158 Å². The SMILES string of the molecule is O=C(NCCNS(=O)(=O)c1ccc(N2CCCC2=O)cc1)c1ccccc1. The summed E-state index contributed by atoms with van der Waals surface area (Å²) in [6.07, 6.45) is 1.34. The molecule has 1 saturated heterocycles. The van der Waals surface area contributed by atoms with Crippen molar-refractivity contribution < 1.29 is 18.0 Å². The van der Waals surface area contributed by atoms with E-state index in [9.17, 15) is 18.0 Å². The Morgan fingerprint density at radius 3 is 2.33 bits per heavy atom. The van der Waals surface area contributed by atoms with E-state index in [2.05, 4.69) is 10.0 Å². The van der Waals surface area contributed by atoms with Crippen molar-refractivity contribution >= 4 is 27.5 Å². The van der Waals surface area contributed by atoms with Crippen LogP contribution < -0.4 is 14.9 Å². The number of rotatable bonds is 7. The zero-order valence-corrected chi connectivity index (χ0v) is 15.5. The van der Waals surface area contributed by atoms with Crippen LogP contribution in [-0.2, 0) is 14.8 Å². The molecule has 1 aliphatic rings. The Balaban J connectivity index is 1.52. The van der Waals surface area contributed by atoms with Gasteiger partial charge in [0, 0.05) is 37.3 Å². The standard InChI is InChI=1S/C19H21N3O4S/c23-18-7-4-14-22(18)16-8-10-17(11-9-16)27(25,26)21-13-12-20-19(24)15-5-2-1-3-6-15/h1-3,5-6,8-11,21H,4,7,12-14H2,(H,20,24). The molecule has 1 aliphatic heterocycles. The second kappa shape index (κ2) is 8.32. The first-order valence-corrected chi connectivity index (χ1v) is 10.2. The molecule has 2 amide bonds. The van der Waals surface area contributed by atoms with Crippen LogP contribution in [0.15, 0.2) is 59.5 Å². The maximum Gasteiger partial charge on any atom is 0.251 e. The lowest BCUT2D eigenvalue weighted by atomic mass is 10.2. The molecule has 7 nitrogen and oxygen atoms in total. The van der Waals surface area contributed by atoms with Crippen molar-refractivity contribution in [2.45, 2.75) is 17.7 Å². The smallest absolute Gasteiger partial charge is 0.251 e. The summed E-state index contributed by atoms with van der Waals surface area (Å²) in [6, 6.07) is 14.9. The van der Waals surface area contributed by atoms with Crippen LogP contribution in [0.5, 0.6) is 0 Å². The van der Waals surface area contributed by atoms with Gasteiger partial charge in [0.05, 0.1) is 4.90 Å². The molecular formula is C19H21N3O4S. The van der Waals surface area contributed by atoms with Crippen LogP contribution in [0.1, 0.15) is 23.2 Å². The van der Waals surface area contributed by atoms with E-state index in [1.165, 1.54) is 12.1 Å². The number of hydrogen-bond acceptors (Lipinski definition) is 4. The van der Waals surface area contributed by atoms with Gasteiger partial charge in [-0.1, -0.05) is 18.2 Å². The fourth-order valence-corrected chi connectivity index (χ4v) is 3.89. The zero-order chi connectivity index (χ0) is 19.3. The third-order valence-electron chi connectivity index (χ3n) is 4.27. The minimum Gasteiger partial charge on any atom is -0.351 e. The molecule has 3 rings (SSSR count). The first-order chi connectivity index (χ1) is 13.0. The molecule has 2 aromatic rings. The van der Waals surface area contributed by atoms with Gasteiger partial charge in [0.2, 0.25) is 15.9 Å². The Morgan fingerprint density at radius 2 is 1.70 bits per heavy atom. The van der Waals surface area contributed by atoms with E-state index in [1.54, 1.807) is 41.3 Å². The van der Waals surface area contributed by atoms with Gasteiger partial charge in [-0.15, -0.1) is 0 Å². The lowest BCUT2D eigenvalue weighted by Crippen LogP contribution is -2.34. The van der Waals surface area contributed by atoms with E-state index < -0.39 is 10.0 Å². The molecule has 8 heteroatoms. The van der Waals surface area contributed by atoms with Gasteiger partial charge in [0.15, 0.2) is 0 Å². The average Bonchev–Trinajstić information content (AvgIpc) is 3.12. The molecule has 0 radical (unpaired) electrons. The molecule has 0 unspecified atom stereocenters. The number of nitrogens with zero attached hydrogens (tertiary/aromatic N) is 1. The highest BCUT2D eigenvalue weighted by atomic mass is 32.2. The van der Waals surface area contributed by atoms with Crippen LogP contribution in [-0.4, -0.2) is 39.9 Å². The van der Waals surface area contributed by atoms with E-state index in [0.717, 1.165) is 6.42 Å². The van der Waals surface area contributed by atoms with Gasteiger partial charge >= 0.3 is 0 Å². The molecule has 0 aromatic heterocycles. The number of benzene rings is 2. The van der Waals surface area contributed by atoms with Gasteiger partial charge < -0.3 is 10.2 Å². The molecular weight excluding hydrogens is 366 g/mol. The molecule has 2 N–H and O–H groups in total. The summed E-state index contributed by atoms with van der Waals surface area (Å²) >= 11 is 0. The van der Waals surface area contributed by atoms with Gasteiger partial charge in [0.25, 0.3) is 5.91 Å². The summed E-state index contributed by atoms with van der Waals surface area (Å²) < 4.78 is 27.1. The summed E-state index contributed by atoms with van der Waals surface area (Å²) in [4.78, 5) is 25.4. The minimum absolute atomic E-state index is 0.0536. The number of sulfonamides is 1. The fourth-order valence-electron chi connectivity index (χ4n) is 2.86.